The maximum absolute atomic E-state index is 2.40. The summed E-state index contributed by atoms with van der Waals surface area (Å²) in [5.41, 5.74) is 7.58. The number of thiophene rings is 2. The van der Waals surface area contributed by atoms with Gasteiger partial charge in [-0.25, -0.2) is 0 Å². The number of fused-ring (bicyclic) bond motifs is 12. The Kier molecular flexibility index (Phi) is 6.48. The van der Waals surface area contributed by atoms with Gasteiger partial charge in [-0.1, -0.05) is 146 Å². The van der Waals surface area contributed by atoms with Crippen LogP contribution in [-0.4, -0.2) is 0 Å². The first-order valence-electron chi connectivity index (χ1n) is 18.5. The molecule has 0 radical (unpaired) electrons. The second kappa shape index (κ2) is 11.6. The first kappa shape index (κ1) is 30.2. The highest BCUT2D eigenvalue weighted by Gasteiger charge is 2.18. The molecule has 12 aromatic rings. The minimum Gasteiger partial charge on any atom is -0.135 e. The van der Waals surface area contributed by atoms with E-state index in [0.717, 1.165) is 0 Å². The Bertz CT molecular complexity index is 3430. The summed E-state index contributed by atoms with van der Waals surface area (Å²) in [7, 11) is 0. The van der Waals surface area contributed by atoms with Gasteiger partial charge in [0, 0.05) is 40.3 Å². The lowest BCUT2D eigenvalue weighted by Crippen LogP contribution is -1.90. The summed E-state index contributed by atoms with van der Waals surface area (Å²) in [6.07, 6.45) is 0. The van der Waals surface area contributed by atoms with E-state index >= 15 is 0 Å². The van der Waals surface area contributed by atoms with E-state index in [1.54, 1.807) is 0 Å². The lowest BCUT2D eigenvalue weighted by atomic mass is 9.85. The van der Waals surface area contributed by atoms with Crippen LogP contribution in [0.25, 0.3) is 117 Å². The molecule has 0 atom stereocenters. The van der Waals surface area contributed by atoms with Gasteiger partial charge in [0.25, 0.3) is 0 Å². The molecular formula is C52H30S2. The Balaban J connectivity index is 0.977. The smallest absolute Gasteiger partial charge is 0.0361 e. The van der Waals surface area contributed by atoms with Gasteiger partial charge in [0.15, 0.2) is 0 Å². The maximum Gasteiger partial charge on any atom is 0.0361 e. The van der Waals surface area contributed by atoms with Crippen LogP contribution in [0.2, 0.25) is 0 Å². The molecule has 0 aliphatic heterocycles. The van der Waals surface area contributed by atoms with Gasteiger partial charge < -0.3 is 0 Å². The third kappa shape index (κ3) is 4.42. The zero-order valence-electron chi connectivity index (χ0n) is 29.1. The number of hydrogen-bond donors (Lipinski definition) is 0. The maximum atomic E-state index is 2.40. The monoisotopic (exact) mass is 718 g/mol. The highest BCUT2D eigenvalue weighted by atomic mass is 32.1. The molecular weight excluding hydrogens is 689 g/mol. The van der Waals surface area contributed by atoms with Gasteiger partial charge in [-0.15, -0.1) is 22.7 Å². The predicted molar refractivity (Wildman–Crippen MR) is 239 cm³/mol. The van der Waals surface area contributed by atoms with Crippen LogP contribution in [0.1, 0.15) is 0 Å². The van der Waals surface area contributed by atoms with Crippen LogP contribution >= 0.6 is 22.7 Å². The van der Waals surface area contributed by atoms with Crippen LogP contribution in [-0.2, 0) is 0 Å². The predicted octanol–water partition coefficient (Wildman–Crippen LogP) is 16.0. The first-order chi connectivity index (χ1) is 26.8. The van der Waals surface area contributed by atoms with Gasteiger partial charge in [0.1, 0.15) is 0 Å². The summed E-state index contributed by atoms with van der Waals surface area (Å²) in [5, 5.41) is 15.8. The van der Waals surface area contributed by atoms with E-state index in [4.69, 9.17) is 0 Å². The highest BCUT2D eigenvalue weighted by Crippen LogP contribution is 2.46. The van der Waals surface area contributed by atoms with Crippen molar-refractivity contribution >= 4 is 106 Å². The molecule has 0 spiro atoms. The van der Waals surface area contributed by atoms with E-state index in [1.165, 1.54) is 117 Å². The molecule has 250 valence electrons. The van der Waals surface area contributed by atoms with E-state index in [0.29, 0.717) is 0 Å². The standard InChI is InChI=1S/C52H30S2/c1-2-10-31(11-3-1)49-37-12-4-6-14-39(37)50(40-15-7-5-13-38(40)49)36-21-20-32-28-33(18-19-34(32)29-36)35-22-23-44-48(30-35)54-47-27-25-41-42(52(44)47)24-26-46-51(41)43-16-8-9-17-45(43)53-46/h1-30H. The third-order valence-electron chi connectivity index (χ3n) is 11.4. The Labute approximate surface area is 319 Å². The van der Waals surface area contributed by atoms with Crippen LogP contribution in [0.3, 0.4) is 0 Å². The Hall–Kier alpha value is -6.32. The molecule has 2 heterocycles. The molecule has 54 heavy (non-hydrogen) atoms. The molecule has 0 aliphatic carbocycles. The summed E-state index contributed by atoms with van der Waals surface area (Å²) in [5.74, 6) is 0. The Morgan fingerprint density at radius 1 is 0.241 bits per heavy atom. The van der Waals surface area contributed by atoms with Gasteiger partial charge in [-0.2, -0.15) is 0 Å². The molecule has 12 rings (SSSR count). The van der Waals surface area contributed by atoms with Crippen molar-refractivity contribution in [1.82, 2.24) is 0 Å². The minimum absolute atomic E-state index is 1.24. The van der Waals surface area contributed by atoms with E-state index in [-0.39, 0.29) is 0 Å². The van der Waals surface area contributed by atoms with Gasteiger partial charge in [0.2, 0.25) is 0 Å². The van der Waals surface area contributed by atoms with Gasteiger partial charge >= 0.3 is 0 Å². The normalized spacial score (nSPS) is 12.1. The van der Waals surface area contributed by atoms with E-state index < -0.39 is 0 Å². The second-order valence-electron chi connectivity index (χ2n) is 14.4. The molecule has 10 aromatic carbocycles. The zero-order valence-corrected chi connectivity index (χ0v) is 30.8. The van der Waals surface area contributed by atoms with Crippen molar-refractivity contribution in [3.05, 3.63) is 182 Å². The third-order valence-corrected chi connectivity index (χ3v) is 13.7. The van der Waals surface area contributed by atoms with Crippen LogP contribution in [0, 0.1) is 0 Å². The largest absolute Gasteiger partial charge is 0.135 e. The lowest BCUT2D eigenvalue weighted by Gasteiger charge is -2.18. The van der Waals surface area contributed by atoms with Crippen molar-refractivity contribution in [3.8, 4) is 33.4 Å². The number of rotatable bonds is 3. The first-order valence-corrected chi connectivity index (χ1v) is 20.1. The van der Waals surface area contributed by atoms with Gasteiger partial charge in [-0.05, 0) is 113 Å². The fourth-order valence-corrected chi connectivity index (χ4v) is 11.3. The molecule has 0 nitrogen and oxygen atoms in total. The molecule has 2 aromatic heterocycles. The van der Waals surface area contributed by atoms with Crippen molar-refractivity contribution in [3.63, 3.8) is 0 Å². The molecule has 0 saturated carbocycles. The second-order valence-corrected chi connectivity index (χ2v) is 16.5. The minimum atomic E-state index is 1.24. The summed E-state index contributed by atoms with van der Waals surface area (Å²) >= 11 is 3.79. The fraction of sp³-hybridized carbons (Fsp3) is 0. The van der Waals surface area contributed by atoms with E-state index in [2.05, 4.69) is 182 Å². The van der Waals surface area contributed by atoms with Crippen LogP contribution in [0.15, 0.2) is 182 Å². The SMILES string of the molecule is c1ccc(-c2c3ccccc3c(-c3ccc4cc(-c5ccc6c(c5)sc5ccc7c(ccc8sc9ccccc9c87)c56)ccc4c3)c3ccccc23)cc1. The van der Waals surface area contributed by atoms with Gasteiger partial charge in [-0.3, -0.25) is 0 Å². The summed E-state index contributed by atoms with van der Waals surface area (Å²) in [6, 6.07) is 67.8. The molecule has 0 fully saturated rings. The average Bonchev–Trinajstić information content (AvgIpc) is 3.81. The molecule has 0 saturated heterocycles. The van der Waals surface area contributed by atoms with Crippen molar-refractivity contribution in [2.75, 3.05) is 0 Å². The number of hydrogen-bond acceptors (Lipinski definition) is 2. The zero-order chi connectivity index (χ0) is 35.3. The van der Waals surface area contributed by atoms with Crippen molar-refractivity contribution in [1.29, 1.82) is 0 Å². The molecule has 0 bridgehead atoms. The molecule has 0 aliphatic rings. The van der Waals surface area contributed by atoms with Crippen molar-refractivity contribution in [2.45, 2.75) is 0 Å². The van der Waals surface area contributed by atoms with Crippen molar-refractivity contribution in [2.24, 2.45) is 0 Å². The summed E-state index contributed by atoms with van der Waals surface area (Å²) in [6.45, 7) is 0. The quantitative estimate of drug-likeness (QED) is 0.160. The summed E-state index contributed by atoms with van der Waals surface area (Å²) in [4.78, 5) is 0. The lowest BCUT2D eigenvalue weighted by molar-refractivity contribution is 1.66. The highest BCUT2D eigenvalue weighted by molar-refractivity contribution is 7.26. The van der Waals surface area contributed by atoms with Gasteiger partial charge in [0.05, 0.1) is 0 Å². The summed E-state index contributed by atoms with van der Waals surface area (Å²) < 4.78 is 5.39. The Morgan fingerprint density at radius 3 is 1.33 bits per heavy atom. The van der Waals surface area contributed by atoms with Crippen LogP contribution in [0.4, 0.5) is 0 Å². The number of benzene rings is 10. The molecule has 0 amide bonds. The van der Waals surface area contributed by atoms with E-state index in [1.807, 2.05) is 22.7 Å². The fourth-order valence-electron chi connectivity index (χ4n) is 9.02. The molecule has 0 N–H and O–H groups in total. The van der Waals surface area contributed by atoms with E-state index in [9.17, 15) is 0 Å². The topological polar surface area (TPSA) is 0 Å². The van der Waals surface area contributed by atoms with Crippen LogP contribution < -0.4 is 0 Å². The van der Waals surface area contributed by atoms with Crippen LogP contribution in [0.5, 0.6) is 0 Å². The van der Waals surface area contributed by atoms with Crippen molar-refractivity contribution < 1.29 is 0 Å². The average molecular weight is 719 g/mol. The Morgan fingerprint density at radius 2 is 0.685 bits per heavy atom. The molecule has 0 unspecified atom stereocenters. The molecule has 2 heteroatoms.